The van der Waals surface area contributed by atoms with Crippen LogP contribution in [0.2, 0.25) is 0 Å². The second-order valence-corrected chi connectivity index (χ2v) is 7.63. The molecule has 0 aromatic carbocycles. The number of rotatable bonds is 5. The second kappa shape index (κ2) is 7.36. The quantitative estimate of drug-likeness (QED) is 0.714. The van der Waals surface area contributed by atoms with Gasteiger partial charge < -0.3 is 10.1 Å². The van der Waals surface area contributed by atoms with Crippen LogP contribution in [0.5, 0.6) is 0 Å². The van der Waals surface area contributed by atoms with Crippen molar-refractivity contribution in [1.82, 2.24) is 24.7 Å². The minimum Gasteiger partial charge on any atom is -0.377 e. The van der Waals surface area contributed by atoms with Crippen LogP contribution < -0.4 is 10.9 Å². The van der Waals surface area contributed by atoms with Crippen molar-refractivity contribution in [2.24, 2.45) is 0 Å². The molecule has 1 aliphatic heterocycles. The van der Waals surface area contributed by atoms with Gasteiger partial charge in [-0.3, -0.25) is 9.78 Å². The predicted molar refractivity (Wildman–Crippen MR) is 108 cm³/mol. The Bertz CT molecular complexity index is 1080. The Morgan fingerprint density at radius 3 is 2.86 bits per heavy atom. The summed E-state index contributed by atoms with van der Waals surface area (Å²) >= 11 is 0. The van der Waals surface area contributed by atoms with Gasteiger partial charge in [0.1, 0.15) is 17.7 Å². The highest BCUT2D eigenvalue weighted by molar-refractivity contribution is 5.56. The Morgan fingerprint density at radius 1 is 1.17 bits per heavy atom. The maximum Gasteiger partial charge on any atom is 0.267 e. The molecule has 0 radical (unpaired) electrons. The first-order valence-corrected chi connectivity index (χ1v) is 9.87. The molecule has 8 nitrogen and oxygen atoms in total. The lowest BCUT2D eigenvalue weighted by molar-refractivity contribution is 0.183. The van der Waals surface area contributed by atoms with Crippen LogP contribution in [0.1, 0.15) is 36.3 Å². The summed E-state index contributed by atoms with van der Waals surface area (Å²) in [5, 5.41) is 8.05. The van der Waals surface area contributed by atoms with Crippen LogP contribution in [-0.4, -0.2) is 44.0 Å². The lowest BCUT2D eigenvalue weighted by Crippen LogP contribution is -2.37. The highest BCUT2D eigenvalue weighted by Crippen LogP contribution is 2.38. The van der Waals surface area contributed by atoms with Crippen LogP contribution in [0, 0.1) is 6.92 Å². The number of nitrogens with one attached hydrogen (secondary N) is 1. The maximum atomic E-state index is 12.6. The molecule has 5 rings (SSSR count). The Labute approximate surface area is 168 Å². The average Bonchev–Trinajstić information content (AvgIpc) is 3.49. The van der Waals surface area contributed by atoms with Crippen molar-refractivity contribution in [3.63, 3.8) is 0 Å². The Kier molecular flexibility index (Phi) is 4.55. The van der Waals surface area contributed by atoms with Crippen LogP contribution >= 0.6 is 0 Å². The molecule has 2 fully saturated rings. The van der Waals surface area contributed by atoms with Gasteiger partial charge >= 0.3 is 0 Å². The highest BCUT2D eigenvalue weighted by atomic mass is 16.5. The number of hydrogen-bond acceptors (Lipinski definition) is 7. The molecule has 29 heavy (non-hydrogen) atoms. The third-order valence-corrected chi connectivity index (χ3v) is 5.29. The summed E-state index contributed by atoms with van der Waals surface area (Å²) in [7, 11) is 0. The van der Waals surface area contributed by atoms with Crippen molar-refractivity contribution in [3.8, 4) is 11.3 Å². The van der Waals surface area contributed by atoms with Gasteiger partial charge in [-0.1, -0.05) is 0 Å². The summed E-state index contributed by atoms with van der Waals surface area (Å²) in [6.07, 6.45) is 5.75. The molecule has 1 saturated carbocycles. The van der Waals surface area contributed by atoms with E-state index in [4.69, 9.17) is 4.74 Å². The fraction of sp³-hybridized carbons (Fsp3) is 0.381. The molecular weight excluding hydrogens is 368 g/mol. The van der Waals surface area contributed by atoms with Crippen molar-refractivity contribution < 1.29 is 4.74 Å². The van der Waals surface area contributed by atoms with Gasteiger partial charge in [0.25, 0.3) is 5.56 Å². The fourth-order valence-electron chi connectivity index (χ4n) is 3.63. The van der Waals surface area contributed by atoms with Crippen LogP contribution in [-0.2, 0) is 4.74 Å². The number of nitrogens with zero attached hydrogens (tertiary/aromatic N) is 5. The molecule has 2 unspecified atom stereocenters. The van der Waals surface area contributed by atoms with Gasteiger partial charge in [-0.2, -0.15) is 5.10 Å². The predicted octanol–water partition coefficient (Wildman–Crippen LogP) is 2.33. The number of ether oxygens (including phenoxy) is 1. The Balaban J connectivity index is 1.43. The van der Waals surface area contributed by atoms with Gasteiger partial charge in [-0.25, -0.2) is 14.6 Å². The zero-order valence-electron chi connectivity index (χ0n) is 16.2. The molecule has 1 N–H and O–H groups in total. The number of hydrogen-bond donors (Lipinski definition) is 1. The van der Waals surface area contributed by atoms with Crippen LogP contribution in [0.4, 0.5) is 5.82 Å². The van der Waals surface area contributed by atoms with E-state index in [-0.39, 0.29) is 17.6 Å². The molecule has 1 saturated heterocycles. The lowest BCUT2D eigenvalue weighted by Gasteiger charge is -2.21. The van der Waals surface area contributed by atoms with Crippen LogP contribution in [0.25, 0.3) is 11.3 Å². The monoisotopic (exact) mass is 390 g/mol. The minimum absolute atomic E-state index is 0.106. The van der Waals surface area contributed by atoms with Crippen LogP contribution in [0.3, 0.4) is 0 Å². The second-order valence-electron chi connectivity index (χ2n) is 7.63. The largest absolute Gasteiger partial charge is 0.377 e. The lowest BCUT2D eigenvalue weighted by atomic mass is 10.1. The normalized spacial score (nSPS) is 21.3. The topological polar surface area (TPSA) is 94.8 Å². The van der Waals surface area contributed by atoms with E-state index in [1.807, 2.05) is 25.1 Å². The van der Waals surface area contributed by atoms with Crippen molar-refractivity contribution >= 4 is 5.82 Å². The van der Waals surface area contributed by atoms with Gasteiger partial charge in [0, 0.05) is 41.7 Å². The minimum atomic E-state index is -0.223. The number of pyridine rings is 1. The first kappa shape index (κ1) is 17.9. The molecule has 2 aliphatic rings. The molecule has 0 amide bonds. The molecular formula is C21H22N6O2. The van der Waals surface area contributed by atoms with Gasteiger partial charge in [0.15, 0.2) is 0 Å². The standard InChI is InChI=1S/C21H22N6O2/c1-13-9-19(25-21(23-13)14-4-5-14)24-17-11-29-12-18(17)27-20(28)7-6-16(26-27)15-3-2-8-22-10-15/h2-3,6-10,14,17-18H,4-5,11-12H2,1H3,(H,23,24,25). The average molecular weight is 390 g/mol. The molecule has 3 aromatic rings. The van der Waals surface area contributed by atoms with Crippen LogP contribution in [0.15, 0.2) is 47.5 Å². The van der Waals surface area contributed by atoms with Crippen molar-refractivity contribution in [2.45, 2.75) is 37.8 Å². The molecule has 1 aliphatic carbocycles. The van der Waals surface area contributed by atoms with E-state index in [1.165, 1.54) is 4.68 Å². The van der Waals surface area contributed by atoms with Crippen molar-refractivity contribution in [1.29, 1.82) is 0 Å². The summed E-state index contributed by atoms with van der Waals surface area (Å²) in [6.45, 7) is 2.88. The molecule has 0 bridgehead atoms. The summed E-state index contributed by atoms with van der Waals surface area (Å²) in [6, 6.07) is 8.65. The van der Waals surface area contributed by atoms with Gasteiger partial charge in [0.2, 0.25) is 0 Å². The molecule has 148 valence electrons. The molecule has 2 atom stereocenters. The van der Waals surface area contributed by atoms with Crippen molar-refractivity contribution in [3.05, 3.63) is 64.6 Å². The highest BCUT2D eigenvalue weighted by Gasteiger charge is 2.33. The van der Waals surface area contributed by atoms with E-state index in [0.29, 0.717) is 24.8 Å². The van der Waals surface area contributed by atoms with Crippen molar-refractivity contribution in [2.75, 3.05) is 18.5 Å². The molecule has 8 heteroatoms. The smallest absolute Gasteiger partial charge is 0.267 e. The van der Waals surface area contributed by atoms with Gasteiger partial charge in [-0.15, -0.1) is 0 Å². The van der Waals surface area contributed by atoms with Gasteiger partial charge in [-0.05, 0) is 38.0 Å². The zero-order valence-corrected chi connectivity index (χ0v) is 16.2. The molecule has 0 spiro atoms. The summed E-state index contributed by atoms with van der Waals surface area (Å²) < 4.78 is 7.22. The van der Waals surface area contributed by atoms with Gasteiger partial charge in [0.05, 0.1) is 24.9 Å². The molecule has 3 aromatic heterocycles. The van der Waals surface area contributed by atoms with E-state index in [1.54, 1.807) is 24.5 Å². The number of anilines is 1. The van der Waals surface area contributed by atoms with E-state index >= 15 is 0 Å². The fourth-order valence-corrected chi connectivity index (χ4v) is 3.63. The number of aromatic nitrogens is 5. The Morgan fingerprint density at radius 2 is 2.07 bits per heavy atom. The molecule has 4 heterocycles. The first-order valence-electron chi connectivity index (χ1n) is 9.87. The number of aryl methyl sites for hydroxylation is 1. The van der Waals surface area contributed by atoms with E-state index < -0.39 is 0 Å². The van der Waals surface area contributed by atoms with E-state index in [2.05, 4.69) is 25.4 Å². The van der Waals surface area contributed by atoms with E-state index in [9.17, 15) is 4.79 Å². The zero-order chi connectivity index (χ0) is 19.8. The first-order chi connectivity index (χ1) is 14.2. The third kappa shape index (κ3) is 3.75. The summed E-state index contributed by atoms with van der Waals surface area (Å²) in [5.74, 6) is 2.15. The summed E-state index contributed by atoms with van der Waals surface area (Å²) in [4.78, 5) is 25.9. The third-order valence-electron chi connectivity index (χ3n) is 5.29. The summed E-state index contributed by atoms with van der Waals surface area (Å²) in [5.41, 5.74) is 2.36. The SMILES string of the molecule is Cc1cc(NC2COCC2n2nc(-c3cccnc3)ccc2=O)nc(C2CC2)n1. The Hall–Kier alpha value is -3.13. The maximum absolute atomic E-state index is 12.6. The van der Waals surface area contributed by atoms with E-state index in [0.717, 1.165) is 35.7 Å².